The van der Waals surface area contributed by atoms with Gasteiger partial charge in [-0.25, -0.2) is 0 Å². The third-order valence-corrected chi connectivity index (χ3v) is 4.09. The molecular formula is C14H20N2OS. The van der Waals surface area contributed by atoms with E-state index in [0.717, 1.165) is 24.2 Å². The van der Waals surface area contributed by atoms with Crippen molar-refractivity contribution in [3.8, 4) is 0 Å². The van der Waals surface area contributed by atoms with E-state index < -0.39 is 0 Å². The minimum atomic E-state index is -0.325. The van der Waals surface area contributed by atoms with Crippen molar-refractivity contribution >= 4 is 23.0 Å². The fourth-order valence-corrected chi connectivity index (χ4v) is 2.77. The maximum Gasteiger partial charge on any atom is 0.173 e. The van der Waals surface area contributed by atoms with E-state index in [4.69, 9.17) is 12.2 Å². The van der Waals surface area contributed by atoms with E-state index in [2.05, 4.69) is 23.2 Å². The highest BCUT2D eigenvalue weighted by Gasteiger charge is 2.41. The molecule has 1 heterocycles. The lowest BCUT2D eigenvalue weighted by Crippen LogP contribution is -2.49. The quantitative estimate of drug-likeness (QED) is 0.764. The molecule has 1 aromatic carbocycles. The molecule has 2 N–H and O–H groups in total. The molecular weight excluding hydrogens is 244 g/mol. The third-order valence-electron chi connectivity index (χ3n) is 3.77. The molecule has 0 radical (unpaired) electrons. The zero-order valence-electron chi connectivity index (χ0n) is 11.1. The number of benzene rings is 1. The second-order valence-electron chi connectivity index (χ2n) is 5.35. The molecule has 3 nitrogen and oxygen atoms in total. The van der Waals surface area contributed by atoms with E-state index in [1.807, 2.05) is 32.0 Å². The van der Waals surface area contributed by atoms with Crippen LogP contribution in [0.4, 0.5) is 5.69 Å². The van der Waals surface area contributed by atoms with Gasteiger partial charge in [0.2, 0.25) is 0 Å². The van der Waals surface area contributed by atoms with Crippen LogP contribution in [0, 0.1) is 6.92 Å². The van der Waals surface area contributed by atoms with Gasteiger partial charge >= 0.3 is 0 Å². The van der Waals surface area contributed by atoms with Gasteiger partial charge in [-0.2, -0.15) is 0 Å². The fraction of sp³-hybridized carbons (Fsp3) is 0.500. The molecule has 1 atom stereocenters. The number of hydrogen-bond acceptors (Lipinski definition) is 2. The number of hydrogen-bond donors (Lipinski definition) is 2. The summed E-state index contributed by atoms with van der Waals surface area (Å²) in [6.07, 6.45) is 0.442. The van der Waals surface area contributed by atoms with E-state index in [0.29, 0.717) is 5.11 Å². The normalized spacial score (nSPS) is 22.0. The molecule has 4 heteroatoms. The molecule has 0 bridgehead atoms. The Morgan fingerprint density at radius 2 is 2.11 bits per heavy atom. The average molecular weight is 264 g/mol. The van der Waals surface area contributed by atoms with Crippen molar-refractivity contribution in [2.75, 3.05) is 11.9 Å². The third kappa shape index (κ3) is 2.35. The number of likely N-dealkylation sites (tertiary alicyclic amines) is 1. The van der Waals surface area contributed by atoms with Crippen molar-refractivity contribution in [2.24, 2.45) is 0 Å². The molecule has 1 aliphatic heterocycles. The molecule has 0 spiro atoms. The molecule has 18 heavy (non-hydrogen) atoms. The van der Waals surface area contributed by atoms with E-state index in [-0.39, 0.29) is 11.6 Å². The number of para-hydroxylation sites is 1. The zero-order valence-corrected chi connectivity index (χ0v) is 11.9. The number of rotatable bonds is 1. The number of aliphatic hydroxyl groups is 1. The second-order valence-corrected chi connectivity index (χ2v) is 5.74. The lowest BCUT2D eigenvalue weighted by Gasteiger charge is -2.35. The van der Waals surface area contributed by atoms with Gasteiger partial charge in [0.05, 0.1) is 11.6 Å². The van der Waals surface area contributed by atoms with Crippen LogP contribution in [-0.4, -0.2) is 33.3 Å². The van der Waals surface area contributed by atoms with E-state index in [1.54, 1.807) is 0 Å². The summed E-state index contributed by atoms with van der Waals surface area (Å²) in [5.74, 6) is 0. The Hall–Kier alpha value is -1.13. The highest BCUT2D eigenvalue weighted by molar-refractivity contribution is 7.80. The molecule has 0 saturated carbocycles. The minimum absolute atomic E-state index is 0.299. The summed E-state index contributed by atoms with van der Waals surface area (Å²) in [6.45, 7) is 6.90. The van der Waals surface area contributed by atoms with Crippen molar-refractivity contribution in [3.63, 3.8) is 0 Å². The van der Waals surface area contributed by atoms with Gasteiger partial charge < -0.3 is 15.3 Å². The van der Waals surface area contributed by atoms with E-state index in [1.165, 1.54) is 0 Å². The first kappa shape index (κ1) is 13.3. The second kappa shape index (κ2) is 4.86. The van der Waals surface area contributed by atoms with Crippen LogP contribution in [0.5, 0.6) is 0 Å². The van der Waals surface area contributed by atoms with Gasteiger partial charge in [-0.15, -0.1) is 0 Å². The SMILES string of the molecule is Cc1ccccc1NC(=S)N1CCC(O)C1(C)C. The molecule has 1 aromatic rings. The van der Waals surface area contributed by atoms with E-state index >= 15 is 0 Å². The van der Waals surface area contributed by atoms with Gasteiger partial charge in [-0.3, -0.25) is 0 Å². The van der Waals surface area contributed by atoms with Crippen LogP contribution in [-0.2, 0) is 0 Å². The molecule has 98 valence electrons. The first-order valence-electron chi connectivity index (χ1n) is 6.25. The Morgan fingerprint density at radius 3 is 2.67 bits per heavy atom. The molecule has 1 saturated heterocycles. The lowest BCUT2D eigenvalue weighted by molar-refractivity contribution is 0.0866. The monoisotopic (exact) mass is 264 g/mol. The first-order valence-corrected chi connectivity index (χ1v) is 6.66. The molecule has 0 aliphatic carbocycles. The van der Waals surface area contributed by atoms with Crippen LogP contribution < -0.4 is 5.32 Å². The highest BCUT2D eigenvalue weighted by Crippen LogP contribution is 2.29. The summed E-state index contributed by atoms with van der Waals surface area (Å²) in [5.41, 5.74) is 1.89. The van der Waals surface area contributed by atoms with Crippen molar-refractivity contribution in [1.82, 2.24) is 4.90 Å². The molecule has 0 amide bonds. The number of thiocarbonyl (C=S) groups is 1. The largest absolute Gasteiger partial charge is 0.391 e. The van der Waals surface area contributed by atoms with Crippen LogP contribution in [0.15, 0.2) is 24.3 Å². The van der Waals surface area contributed by atoms with Gasteiger partial charge in [0.15, 0.2) is 5.11 Å². The van der Waals surface area contributed by atoms with Gasteiger partial charge in [0.1, 0.15) is 0 Å². The molecule has 1 fully saturated rings. The average Bonchev–Trinajstić information content (AvgIpc) is 2.57. The summed E-state index contributed by atoms with van der Waals surface area (Å²) >= 11 is 5.46. The standard InChI is InChI=1S/C14H20N2OS/c1-10-6-4-5-7-11(10)15-13(18)16-9-8-12(17)14(16,2)3/h4-7,12,17H,8-9H2,1-3H3,(H,15,18). The van der Waals surface area contributed by atoms with E-state index in [9.17, 15) is 5.11 Å². The van der Waals surface area contributed by atoms with Crippen LogP contribution in [0.1, 0.15) is 25.8 Å². The Bertz CT molecular complexity index is 459. The van der Waals surface area contributed by atoms with Gasteiger partial charge in [0, 0.05) is 12.2 Å². The van der Waals surface area contributed by atoms with Crippen molar-refractivity contribution in [3.05, 3.63) is 29.8 Å². The number of aryl methyl sites for hydroxylation is 1. The Balaban J connectivity index is 2.12. The van der Waals surface area contributed by atoms with Gasteiger partial charge in [-0.05, 0) is 51.0 Å². The molecule has 0 aromatic heterocycles. The molecule has 1 aliphatic rings. The predicted molar refractivity (Wildman–Crippen MR) is 78.8 cm³/mol. The number of nitrogens with zero attached hydrogens (tertiary/aromatic N) is 1. The number of aliphatic hydroxyl groups excluding tert-OH is 1. The van der Waals surface area contributed by atoms with Crippen LogP contribution in [0.25, 0.3) is 0 Å². The Kier molecular flexibility index (Phi) is 3.59. The zero-order chi connectivity index (χ0) is 13.3. The van der Waals surface area contributed by atoms with Gasteiger partial charge in [0.25, 0.3) is 0 Å². The summed E-state index contributed by atoms with van der Waals surface area (Å²) in [6, 6.07) is 8.06. The maximum atomic E-state index is 9.97. The minimum Gasteiger partial charge on any atom is -0.391 e. The summed E-state index contributed by atoms with van der Waals surface area (Å²) in [5, 5.41) is 13.9. The maximum absolute atomic E-state index is 9.97. The van der Waals surface area contributed by atoms with Crippen LogP contribution >= 0.6 is 12.2 Å². The molecule has 1 unspecified atom stereocenters. The highest BCUT2D eigenvalue weighted by atomic mass is 32.1. The van der Waals surface area contributed by atoms with Crippen molar-refractivity contribution in [1.29, 1.82) is 0 Å². The fourth-order valence-electron chi connectivity index (χ4n) is 2.33. The number of anilines is 1. The predicted octanol–water partition coefficient (Wildman–Crippen LogP) is 2.54. The lowest BCUT2D eigenvalue weighted by atomic mass is 9.99. The Morgan fingerprint density at radius 1 is 1.44 bits per heavy atom. The molecule has 2 rings (SSSR count). The van der Waals surface area contributed by atoms with Crippen LogP contribution in [0.2, 0.25) is 0 Å². The first-order chi connectivity index (χ1) is 8.43. The Labute approximate surface area is 114 Å². The summed E-state index contributed by atoms with van der Waals surface area (Å²) in [4.78, 5) is 2.07. The van der Waals surface area contributed by atoms with Gasteiger partial charge in [-0.1, -0.05) is 18.2 Å². The smallest absolute Gasteiger partial charge is 0.173 e. The topological polar surface area (TPSA) is 35.5 Å². The van der Waals surface area contributed by atoms with Crippen LogP contribution in [0.3, 0.4) is 0 Å². The van der Waals surface area contributed by atoms with Crippen molar-refractivity contribution in [2.45, 2.75) is 38.8 Å². The van der Waals surface area contributed by atoms with Crippen molar-refractivity contribution < 1.29 is 5.11 Å². The number of nitrogens with one attached hydrogen (secondary N) is 1. The summed E-state index contributed by atoms with van der Waals surface area (Å²) < 4.78 is 0. The summed E-state index contributed by atoms with van der Waals surface area (Å²) in [7, 11) is 0.